The molecule has 4 N–H and O–H groups in total. The fourth-order valence-corrected chi connectivity index (χ4v) is 3.65. The number of sulfonamides is 1. The van der Waals surface area contributed by atoms with Crippen LogP contribution in [-0.2, 0) is 40.9 Å². The van der Waals surface area contributed by atoms with Crippen molar-refractivity contribution in [3.63, 3.8) is 0 Å². The second-order valence-electron chi connectivity index (χ2n) is 6.82. The number of primary sulfonamides is 1. The minimum absolute atomic E-state index is 0.0916. The van der Waals surface area contributed by atoms with Gasteiger partial charge in [0.1, 0.15) is 12.4 Å². The molecule has 0 radical (unpaired) electrons. The summed E-state index contributed by atoms with van der Waals surface area (Å²) in [4.78, 5) is 9.19. The number of aromatic nitrogens is 3. The quantitative estimate of drug-likeness (QED) is 0.427. The van der Waals surface area contributed by atoms with Crippen molar-refractivity contribution in [2.45, 2.75) is 50.4 Å². The molecule has 1 atom stereocenters. The van der Waals surface area contributed by atoms with Crippen LogP contribution in [0.1, 0.15) is 30.6 Å². The van der Waals surface area contributed by atoms with Gasteiger partial charge < -0.3 is 15.4 Å². The van der Waals surface area contributed by atoms with Crippen LogP contribution in [0.5, 0.6) is 0 Å². The van der Waals surface area contributed by atoms with Gasteiger partial charge in [0.25, 0.3) is 0 Å². The standard InChI is InChI=1S/C18H27N7O3S/c1-3-20-18(21-10-13-4-7-15(8-5-13)29(19,26)27)22-14-6-9-17-23-16(12-28-2)24-25(17)11-14/h4-5,7-8,14H,3,6,9-12H2,1-2H3,(H2,19,26,27)(H2,20,21,22). The predicted octanol–water partition coefficient (Wildman–Crippen LogP) is 0.142. The molecule has 10 nitrogen and oxygen atoms in total. The van der Waals surface area contributed by atoms with Crippen LogP contribution in [0.15, 0.2) is 34.2 Å². The number of rotatable bonds is 7. The monoisotopic (exact) mass is 421 g/mol. The van der Waals surface area contributed by atoms with E-state index in [0.29, 0.717) is 31.5 Å². The third-order valence-corrected chi connectivity index (χ3v) is 5.46. The van der Waals surface area contributed by atoms with Gasteiger partial charge in [-0.05, 0) is 31.0 Å². The average molecular weight is 422 g/mol. The first-order chi connectivity index (χ1) is 13.9. The molecule has 0 saturated carbocycles. The summed E-state index contributed by atoms with van der Waals surface area (Å²) < 4.78 is 29.7. The average Bonchev–Trinajstić information content (AvgIpc) is 3.08. The molecule has 0 aliphatic carbocycles. The van der Waals surface area contributed by atoms with Crippen molar-refractivity contribution in [1.29, 1.82) is 0 Å². The third kappa shape index (κ3) is 5.75. The van der Waals surface area contributed by atoms with Gasteiger partial charge in [-0.25, -0.2) is 28.2 Å². The zero-order chi connectivity index (χ0) is 20.9. The van der Waals surface area contributed by atoms with Gasteiger partial charge in [0.15, 0.2) is 11.8 Å². The van der Waals surface area contributed by atoms with Crippen molar-refractivity contribution in [3.05, 3.63) is 41.5 Å². The highest BCUT2D eigenvalue weighted by Gasteiger charge is 2.22. The SMILES string of the molecule is CCNC(=NCc1ccc(S(N)(=O)=O)cc1)NC1CCc2nc(COC)nn2C1. The first-order valence-corrected chi connectivity index (χ1v) is 11.0. The molecule has 0 amide bonds. The fraction of sp³-hybridized carbons (Fsp3) is 0.500. The molecule has 1 unspecified atom stereocenters. The number of aliphatic imine (C=N–C) groups is 1. The lowest BCUT2D eigenvalue weighted by Gasteiger charge is -2.25. The van der Waals surface area contributed by atoms with Gasteiger partial charge in [-0.2, -0.15) is 5.10 Å². The van der Waals surface area contributed by atoms with Crippen molar-refractivity contribution in [3.8, 4) is 0 Å². The van der Waals surface area contributed by atoms with Gasteiger partial charge in [-0.15, -0.1) is 0 Å². The van der Waals surface area contributed by atoms with Gasteiger partial charge in [-0.3, -0.25) is 0 Å². The summed E-state index contributed by atoms with van der Waals surface area (Å²) in [6.07, 6.45) is 1.77. The van der Waals surface area contributed by atoms with Crippen molar-refractivity contribution >= 4 is 16.0 Å². The molecular weight excluding hydrogens is 394 g/mol. The van der Waals surface area contributed by atoms with Crippen LogP contribution in [-0.4, -0.2) is 48.8 Å². The van der Waals surface area contributed by atoms with E-state index in [1.54, 1.807) is 19.2 Å². The molecule has 0 saturated heterocycles. The lowest BCUT2D eigenvalue weighted by molar-refractivity contribution is 0.177. The molecule has 2 aromatic rings. The summed E-state index contributed by atoms with van der Waals surface area (Å²) in [5.74, 6) is 2.38. The Morgan fingerprint density at radius 3 is 2.79 bits per heavy atom. The molecule has 2 heterocycles. The number of methoxy groups -OCH3 is 1. The molecule has 0 spiro atoms. The number of nitrogens with two attached hydrogens (primary N) is 1. The Labute approximate surface area is 170 Å². The minimum Gasteiger partial charge on any atom is -0.377 e. The highest BCUT2D eigenvalue weighted by Crippen LogP contribution is 2.14. The van der Waals surface area contributed by atoms with E-state index in [1.165, 1.54) is 12.1 Å². The fourth-order valence-electron chi connectivity index (χ4n) is 3.14. The predicted molar refractivity (Wildman–Crippen MR) is 109 cm³/mol. The topological polar surface area (TPSA) is 137 Å². The zero-order valence-electron chi connectivity index (χ0n) is 16.6. The first-order valence-electron chi connectivity index (χ1n) is 9.47. The number of ether oxygens (including phenoxy) is 1. The summed E-state index contributed by atoms with van der Waals surface area (Å²) in [6, 6.07) is 6.60. The summed E-state index contributed by atoms with van der Waals surface area (Å²) in [5, 5.41) is 16.3. The van der Waals surface area contributed by atoms with Gasteiger partial charge >= 0.3 is 0 Å². The van der Waals surface area contributed by atoms with E-state index in [-0.39, 0.29) is 10.9 Å². The van der Waals surface area contributed by atoms with Crippen molar-refractivity contribution in [2.24, 2.45) is 10.1 Å². The Hall–Kier alpha value is -2.50. The lowest BCUT2D eigenvalue weighted by Crippen LogP contribution is -2.47. The highest BCUT2D eigenvalue weighted by molar-refractivity contribution is 7.89. The molecule has 1 aromatic heterocycles. The molecule has 29 heavy (non-hydrogen) atoms. The normalized spacial score (nSPS) is 17.1. The zero-order valence-corrected chi connectivity index (χ0v) is 17.4. The Morgan fingerprint density at radius 2 is 2.14 bits per heavy atom. The summed E-state index contributed by atoms with van der Waals surface area (Å²) >= 11 is 0. The van der Waals surface area contributed by atoms with Crippen LogP contribution in [0.3, 0.4) is 0 Å². The summed E-state index contributed by atoms with van der Waals surface area (Å²) in [6.45, 7) is 4.27. The summed E-state index contributed by atoms with van der Waals surface area (Å²) in [7, 11) is -2.06. The van der Waals surface area contributed by atoms with E-state index in [9.17, 15) is 8.42 Å². The molecule has 0 bridgehead atoms. The van der Waals surface area contributed by atoms with Crippen LogP contribution < -0.4 is 15.8 Å². The molecule has 0 fully saturated rings. The second kappa shape index (κ2) is 9.33. The van der Waals surface area contributed by atoms with Gasteiger partial charge in [0.05, 0.1) is 18.0 Å². The Bertz CT molecular complexity index is 954. The number of fused-ring (bicyclic) bond motifs is 1. The molecule has 158 valence electrons. The van der Waals surface area contributed by atoms with Crippen LogP contribution >= 0.6 is 0 Å². The maximum Gasteiger partial charge on any atom is 0.238 e. The maximum absolute atomic E-state index is 11.4. The molecule has 1 aromatic carbocycles. The molecule has 1 aliphatic heterocycles. The summed E-state index contributed by atoms with van der Waals surface area (Å²) in [5.41, 5.74) is 0.890. The maximum atomic E-state index is 11.4. The number of nitrogens with zero attached hydrogens (tertiary/aromatic N) is 4. The van der Waals surface area contributed by atoms with Crippen LogP contribution in [0, 0.1) is 0 Å². The van der Waals surface area contributed by atoms with Gasteiger partial charge in [0.2, 0.25) is 10.0 Å². The van der Waals surface area contributed by atoms with Crippen molar-refractivity contribution in [2.75, 3.05) is 13.7 Å². The van der Waals surface area contributed by atoms with Crippen molar-refractivity contribution < 1.29 is 13.2 Å². The number of guanidine groups is 1. The van der Waals surface area contributed by atoms with E-state index in [1.807, 2.05) is 11.6 Å². The van der Waals surface area contributed by atoms with E-state index < -0.39 is 10.0 Å². The van der Waals surface area contributed by atoms with E-state index in [0.717, 1.165) is 30.8 Å². The third-order valence-electron chi connectivity index (χ3n) is 4.53. The largest absolute Gasteiger partial charge is 0.377 e. The minimum atomic E-state index is -3.69. The first kappa shape index (κ1) is 21.2. The van der Waals surface area contributed by atoms with Crippen LogP contribution in [0.4, 0.5) is 0 Å². The Balaban J connectivity index is 1.63. The number of nitrogens with one attached hydrogen (secondary N) is 2. The molecule has 11 heteroatoms. The van der Waals surface area contributed by atoms with Crippen LogP contribution in [0.2, 0.25) is 0 Å². The van der Waals surface area contributed by atoms with E-state index in [4.69, 9.17) is 9.88 Å². The second-order valence-corrected chi connectivity index (χ2v) is 8.38. The molecule has 3 rings (SSSR count). The number of benzene rings is 1. The number of hydrogen-bond donors (Lipinski definition) is 3. The van der Waals surface area contributed by atoms with Crippen LogP contribution in [0.25, 0.3) is 0 Å². The highest BCUT2D eigenvalue weighted by atomic mass is 32.2. The number of aryl methyl sites for hydroxylation is 1. The van der Waals surface area contributed by atoms with Gasteiger partial charge in [0, 0.05) is 26.1 Å². The number of hydrogen-bond acceptors (Lipinski definition) is 6. The lowest BCUT2D eigenvalue weighted by atomic mass is 10.1. The van der Waals surface area contributed by atoms with Gasteiger partial charge in [-0.1, -0.05) is 12.1 Å². The van der Waals surface area contributed by atoms with E-state index in [2.05, 4.69) is 25.7 Å². The van der Waals surface area contributed by atoms with Crippen molar-refractivity contribution in [1.82, 2.24) is 25.4 Å². The Kier molecular flexibility index (Phi) is 6.83. The molecule has 1 aliphatic rings. The van der Waals surface area contributed by atoms with E-state index >= 15 is 0 Å². The molecular formula is C18H27N7O3S. The smallest absolute Gasteiger partial charge is 0.238 e. The Morgan fingerprint density at radius 1 is 1.38 bits per heavy atom.